The SMILES string of the molecule is Cc1cc(N)cc(N2CCCC(CCO)C2)c1. The monoisotopic (exact) mass is 234 g/mol. The lowest BCUT2D eigenvalue weighted by molar-refractivity contribution is 0.244. The minimum absolute atomic E-state index is 0.300. The fourth-order valence-corrected chi connectivity index (χ4v) is 2.69. The summed E-state index contributed by atoms with van der Waals surface area (Å²) >= 11 is 0. The Kier molecular flexibility index (Phi) is 3.89. The van der Waals surface area contributed by atoms with Crippen LogP contribution in [0, 0.1) is 12.8 Å². The molecule has 1 heterocycles. The van der Waals surface area contributed by atoms with Crippen LogP contribution >= 0.6 is 0 Å². The summed E-state index contributed by atoms with van der Waals surface area (Å²) in [6.45, 7) is 4.53. The summed E-state index contributed by atoms with van der Waals surface area (Å²) in [6.07, 6.45) is 3.36. The molecule has 1 aromatic carbocycles. The van der Waals surface area contributed by atoms with Gasteiger partial charge in [-0.3, -0.25) is 0 Å². The summed E-state index contributed by atoms with van der Waals surface area (Å²) in [5, 5.41) is 9.03. The summed E-state index contributed by atoms with van der Waals surface area (Å²) in [5.74, 6) is 0.621. The zero-order valence-electron chi connectivity index (χ0n) is 10.5. The molecule has 2 rings (SSSR count). The second-order valence-electron chi connectivity index (χ2n) is 5.07. The van der Waals surface area contributed by atoms with E-state index in [0.29, 0.717) is 12.5 Å². The van der Waals surface area contributed by atoms with E-state index in [1.54, 1.807) is 0 Å². The van der Waals surface area contributed by atoms with Gasteiger partial charge in [0.1, 0.15) is 0 Å². The number of benzene rings is 1. The number of piperidine rings is 1. The fourth-order valence-electron chi connectivity index (χ4n) is 2.69. The minimum atomic E-state index is 0.300. The second kappa shape index (κ2) is 5.41. The van der Waals surface area contributed by atoms with Gasteiger partial charge in [-0.25, -0.2) is 0 Å². The summed E-state index contributed by atoms with van der Waals surface area (Å²) in [4.78, 5) is 2.40. The zero-order chi connectivity index (χ0) is 12.3. The highest BCUT2D eigenvalue weighted by Gasteiger charge is 2.19. The van der Waals surface area contributed by atoms with E-state index in [9.17, 15) is 0 Å². The third-order valence-corrected chi connectivity index (χ3v) is 3.51. The largest absolute Gasteiger partial charge is 0.399 e. The van der Waals surface area contributed by atoms with Gasteiger partial charge in [0.05, 0.1) is 0 Å². The summed E-state index contributed by atoms with van der Waals surface area (Å²) in [5.41, 5.74) is 9.17. The van der Waals surface area contributed by atoms with Crippen molar-refractivity contribution in [2.24, 2.45) is 5.92 Å². The highest BCUT2D eigenvalue weighted by Crippen LogP contribution is 2.27. The van der Waals surface area contributed by atoms with Crippen LogP contribution < -0.4 is 10.6 Å². The maximum Gasteiger partial charge on any atom is 0.0434 e. The molecule has 1 unspecified atom stereocenters. The van der Waals surface area contributed by atoms with E-state index in [4.69, 9.17) is 10.8 Å². The van der Waals surface area contributed by atoms with Crippen LogP contribution in [0.15, 0.2) is 18.2 Å². The van der Waals surface area contributed by atoms with Crippen molar-refractivity contribution in [3.05, 3.63) is 23.8 Å². The van der Waals surface area contributed by atoms with Crippen LogP contribution in [0.5, 0.6) is 0 Å². The molecule has 0 amide bonds. The smallest absolute Gasteiger partial charge is 0.0434 e. The maximum atomic E-state index is 9.03. The fraction of sp³-hybridized carbons (Fsp3) is 0.571. The third-order valence-electron chi connectivity index (χ3n) is 3.51. The van der Waals surface area contributed by atoms with Gasteiger partial charge in [0, 0.05) is 31.1 Å². The van der Waals surface area contributed by atoms with E-state index in [-0.39, 0.29) is 0 Å². The first-order valence-electron chi connectivity index (χ1n) is 6.42. The topological polar surface area (TPSA) is 49.5 Å². The Hall–Kier alpha value is -1.22. The molecule has 94 valence electrons. The van der Waals surface area contributed by atoms with Gasteiger partial charge >= 0.3 is 0 Å². The molecule has 0 saturated carbocycles. The van der Waals surface area contributed by atoms with Crippen LogP contribution in [-0.2, 0) is 0 Å². The van der Waals surface area contributed by atoms with Gasteiger partial charge in [0.25, 0.3) is 0 Å². The lowest BCUT2D eigenvalue weighted by Crippen LogP contribution is -2.35. The number of hydrogen-bond donors (Lipinski definition) is 2. The molecule has 0 radical (unpaired) electrons. The van der Waals surface area contributed by atoms with E-state index in [1.165, 1.54) is 24.1 Å². The first-order chi connectivity index (χ1) is 8.19. The van der Waals surface area contributed by atoms with Crippen LogP contribution in [-0.4, -0.2) is 24.8 Å². The molecule has 1 aliphatic heterocycles. The molecule has 17 heavy (non-hydrogen) atoms. The van der Waals surface area contributed by atoms with Gasteiger partial charge < -0.3 is 15.7 Å². The number of hydrogen-bond acceptors (Lipinski definition) is 3. The van der Waals surface area contributed by atoms with Gasteiger partial charge in [0.2, 0.25) is 0 Å². The molecule has 1 aromatic rings. The lowest BCUT2D eigenvalue weighted by Gasteiger charge is -2.34. The molecule has 3 heteroatoms. The maximum absolute atomic E-state index is 9.03. The number of nitrogens with two attached hydrogens (primary N) is 1. The van der Waals surface area contributed by atoms with Gasteiger partial charge in [-0.05, 0) is 55.9 Å². The van der Waals surface area contributed by atoms with Crippen LogP contribution in [0.25, 0.3) is 0 Å². The van der Waals surface area contributed by atoms with Crippen molar-refractivity contribution in [1.82, 2.24) is 0 Å². The molecule has 3 nitrogen and oxygen atoms in total. The molecule has 0 spiro atoms. The lowest BCUT2D eigenvalue weighted by atomic mass is 9.94. The molecule has 1 atom stereocenters. The Balaban J connectivity index is 2.10. The molecule has 0 bridgehead atoms. The van der Waals surface area contributed by atoms with E-state index in [0.717, 1.165) is 25.2 Å². The zero-order valence-corrected chi connectivity index (χ0v) is 10.5. The molecule has 0 aromatic heterocycles. The van der Waals surface area contributed by atoms with Crippen molar-refractivity contribution in [2.75, 3.05) is 30.3 Å². The summed E-state index contributed by atoms with van der Waals surface area (Å²) in [7, 11) is 0. The average Bonchev–Trinajstić information content (AvgIpc) is 2.28. The number of aliphatic hydroxyl groups excluding tert-OH is 1. The highest BCUT2D eigenvalue weighted by molar-refractivity contribution is 5.58. The first-order valence-corrected chi connectivity index (χ1v) is 6.42. The van der Waals surface area contributed by atoms with Crippen LogP contribution in [0.4, 0.5) is 11.4 Å². The van der Waals surface area contributed by atoms with Crippen LogP contribution in [0.2, 0.25) is 0 Å². The second-order valence-corrected chi connectivity index (χ2v) is 5.07. The van der Waals surface area contributed by atoms with Crippen molar-refractivity contribution in [3.8, 4) is 0 Å². The molecule has 0 aliphatic carbocycles. The van der Waals surface area contributed by atoms with E-state index in [1.807, 2.05) is 12.1 Å². The van der Waals surface area contributed by atoms with Crippen molar-refractivity contribution in [3.63, 3.8) is 0 Å². The number of rotatable bonds is 3. The van der Waals surface area contributed by atoms with Crippen molar-refractivity contribution in [1.29, 1.82) is 0 Å². The standard InChI is InChI=1S/C14H22N2O/c1-11-7-13(15)9-14(8-11)16-5-2-3-12(10-16)4-6-17/h7-9,12,17H,2-6,10,15H2,1H3. The van der Waals surface area contributed by atoms with Gasteiger partial charge in [0.15, 0.2) is 0 Å². The molecule has 3 N–H and O–H groups in total. The number of nitrogens with zero attached hydrogens (tertiary/aromatic N) is 1. The quantitative estimate of drug-likeness (QED) is 0.788. The van der Waals surface area contributed by atoms with Crippen molar-refractivity contribution >= 4 is 11.4 Å². The average molecular weight is 234 g/mol. The van der Waals surface area contributed by atoms with Gasteiger partial charge in [-0.1, -0.05) is 0 Å². The van der Waals surface area contributed by atoms with Crippen molar-refractivity contribution in [2.45, 2.75) is 26.2 Å². The number of nitrogen functional groups attached to an aromatic ring is 1. The normalized spacial score (nSPS) is 20.6. The molecular weight excluding hydrogens is 212 g/mol. The number of aryl methyl sites for hydroxylation is 1. The molecule has 1 aliphatic rings. The highest BCUT2D eigenvalue weighted by atomic mass is 16.3. The first kappa shape index (κ1) is 12.2. The minimum Gasteiger partial charge on any atom is -0.399 e. The van der Waals surface area contributed by atoms with E-state index in [2.05, 4.69) is 17.9 Å². The van der Waals surface area contributed by atoms with E-state index >= 15 is 0 Å². The number of anilines is 2. The van der Waals surface area contributed by atoms with Gasteiger partial charge in [-0.15, -0.1) is 0 Å². The number of aliphatic hydroxyl groups is 1. The Morgan fingerprint density at radius 1 is 1.41 bits per heavy atom. The molecular formula is C14H22N2O. The molecule has 1 fully saturated rings. The third kappa shape index (κ3) is 3.13. The van der Waals surface area contributed by atoms with Gasteiger partial charge in [-0.2, -0.15) is 0 Å². The van der Waals surface area contributed by atoms with E-state index < -0.39 is 0 Å². The Bertz CT molecular complexity index is 356. The summed E-state index contributed by atoms with van der Waals surface area (Å²) in [6, 6.07) is 6.24. The molecule has 1 saturated heterocycles. The predicted molar refractivity (Wildman–Crippen MR) is 72.2 cm³/mol. The Morgan fingerprint density at radius 2 is 2.24 bits per heavy atom. The van der Waals surface area contributed by atoms with Crippen LogP contribution in [0.3, 0.4) is 0 Å². The van der Waals surface area contributed by atoms with Crippen LogP contribution in [0.1, 0.15) is 24.8 Å². The van der Waals surface area contributed by atoms with Crippen molar-refractivity contribution < 1.29 is 5.11 Å². The summed E-state index contributed by atoms with van der Waals surface area (Å²) < 4.78 is 0. The Labute approximate surface area is 103 Å². The Morgan fingerprint density at radius 3 is 2.94 bits per heavy atom. The predicted octanol–water partition coefficient (Wildman–Crippen LogP) is 2.18.